The van der Waals surface area contributed by atoms with Crippen LogP contribution in [0.2, 0.25) is 0 Å². The minimum atomic E-state index is -4.70. The molecule has 0 saturated heterocycles. The van der Waals surface area contributed by atoms with E-state index in [1.807, 2.05) is 36.9 Å². The van der Waals surface area contributed by atoms with Crippen molar-refractivity contribution in [2.45, 2.75) is 26.8 Å². The highest BCUT2D eigenvalue weighted by molar-refractivity contribution is 5.72. The zero-order valence-electron chi connectivity index (χ0n) is 15.1. The average molecular weight is 378 g/mol. The molecule has 1 aliphatic rings. The Morgan fingerprint density at radius 2 is 1.74 bits per heavy atom. The predicted molar refractivity (Wildman–Crippen MR) is 98.0 cm³/mol. The molecule has 0 saturated carbocycles. The van der Waals surface area contributed by atoms with Crippen molar-refractivity contribution in [2.24, 2.45) is 10.4 Å². The number of halogens is 3. The number of ether oxygens (including phenoxy) is 1. The molecule has 0 aromatic heterocycles. The van der Waals surface area contributed by atoms with E-state index in [2.05, 4.69) is 9.73 Å². The maximum atomic E-state index is 12.3. The van der Waals surface area contributed by atoms with Crippen molar-refractivity contribution in [3.63, 3.8) is 0 Å². The van der Waals surface area contributed by atoms with Crippen LogP contribution in [0.15, 0.2) is 47.5 Å². The molecule has 4 nitrogen and oxygen atoms in total. The second-order valence-corrected chi connectivity index (χ2v) is 7.39. The molecule has 0 spiro atoms. The summed E-state index contributed by atoms with van der Waals surface area (Å²) in [5, 5.41) is 9.45. The number of alkyl halides is 3. The molecule has 144 valence electrons. The van der Waals surface area contributed by atoms with Crippen molar-refractivity contribution in [1.82, 2.24) is 4.90 Å². The van der Waals surface area contributed by atoms with Crippen LogP contribution in [0.4, 0.5) is 18.9 Å². The summed E-state index contributed by atoms with van der Waals surface area (Å²) in [6.45, 7) is 5.37. The third-order valence-electron chi connectivity index (χ3n) is 4.29. The first-order chi connectivity index (χ1) is 12.6. The number of hydrogen-bond acceptors (Lipinski definition) is 4. The number of aliphatic imine (C=N–C) groups is 1. The summed E-state index contributed by atoms with van der Waals surface area (Å²) in [7, 11) is 0. The molecule has 0 radical (unpaired) electrons. The van der Waals surface area contributed by atoms with Crippen molar-refractivity contribution < 1.29 is 23.0 Å². The van der Waals surface area contributed by atoms with Gasteiger partial charge in [-0.1, -0.05) is 32.0 Å². The van der Waals surface area contributed by atoms with Crippen LogP contribution < -0.4 is 4.74 Å². The molecule has 3 rings (SSSR count). The molecular weight excluding hydrogens is 357 g/mol. The Morgan fingerprint density at radius 3 is 2.37 bits per heavy atom. The molecule has 0 atom stereocenters. The maximum absolute atomic E-state index is 12.3. The van der Waals surface area contributed by atoms with Crippen LogP contribution in [0, 0.1) is 5.41 Å². The van der Waals surface area contributed by atoms with Crippen molar-refractivity contribution in [3.05, 3.63) is 48.0 Å². The monoisotopic (exact) mass is 378 g/mol. The zero-order valence-corrected chi connectivity index (χ0v) is 15.1. The van der Waals surface area contributed by atoms with Crippen LogP contribution in [-0.2, 0) is 6.54 Å². The molecule has 1 N–H and O–H groups in total. The molecule has 0 unspecified atom stereocenters. The SMILES string of the molecule is CC(C)(CO)CN1C=Nc2ccc(-c3ccc(OC(F)(F)F)cc3)cc2C1. The summed E-state index contributed by atoms with van der Waals surface area (Å²) in [5.41, 5.74) is 3.35. The molecule has 0 amide bonds. The highest BCUT2D eigenvalue weighted by Crippen LogP contribution is 2.32. The van der Waals surface area contributed by atoms with Gasteiger partial charge in [-0.05, 0) is 41.0 Å². The van der Waals surface area contributed by atoms with Gasteiger partial charge in [0.15, 0.2) is 0 Å². The van der Waals surface area contributed by atoms with Gasteiger partial charge in [-0.15, -0.1) is 13.2 Å². The van der Waals surface area contributed by atoms with Crippen LogP contribution in [0.1, 0.15) is 19.4 Å². The summed E-state index contributed by atoms with van der Waals surface area (Å²) < 4.78 is 40.7. The molecule has 0 fully saturated rings. The first kappa shape index (κ1) is 19.2. The maximum Gasteiger partial charge on any atom is 0.573 e. The summed E-state index contributed by atoms with van der Waals surface area (Å²) in [5.74, 6) is -0.244. The van der Waals surface area contributed by atoms with E-state index in [9.17, 15) is 18.3 Å². The van der Waals surface area contributed by atoms with Crippen LogP contribution in [0.25, 0.3) is 11.1 Å². The zero-order chi connectivity index (χ0) is 19.7. The number of benzene rings is 2. The molecule has 0 bridgehead atoms. The fourth-order valence-electron chi connectivity index (χ4n) is 2.97. The quantitative estimate of drug-likeness (QED) is 0.817. The molecular formula is C20H21F3N2O2. The normalized spacial score (nSPS) is 14.2. The van der Waals surface area contributed by atoms with Crippen molar-refractivity contribution in [1.29, 1.82) is 0 Å². The smallest absolute Gasteiger partial charge is 0.406 e. The van der Waals surface area contributed by atoms with Gasteiger partial charge in [0.05, 0.1) is 12.0 Å². The first-order valence-electron chi connectivity index (χ1n) is 8.53. The van der Waals surface area contributed by atoms with E-state index in [0.29, 0.717) is 13.1 Å². The van der Waals surface area contributed by atoms with Crippen LogP contribution >= 0.6 is 0 Å². The van der Waals surface area contributed by atoms with Gasteiger partial charge in [0.2, 0.25) is 0 Å². The van der Waals surface area contributed by atoms with E-state index in [1.165, 1.54) is 12.1 Å². The van der Waals surface area contributed by atoms with Crippen LogP contribution in [0.5, 0.6) is 5.75 Å². The van der Waals surface area contributed by atoms with Crippen molar-refractivity contribution in [3.8, 4) is 16.9 Å². The minimum absolute atomic E-state index is 0.0799. The lowest BCUT2D eigenvalue weighted by molar-refractivity contribution is -0.274. The topological polar surface area (TPSA) is 45.1 Å². The predicted octanol–water partition coefficient (Wildman–Crippen LogP) is 4.75. The Bertz CT molecular complexity index is 830. The highest BCUT2D eigenvalue weighted by atomic mass is 19.4. The number of rotatable bonds is 5. The van der Waals surface area contributed by atoms with E-state index in [4.69, 9.17) is 0 Å². The number of nitrogens with zero attached hydrogens (tertiary/aromatic N) is 2. The Kier molecular flexibility index (Phi) is 5.15. The first-order valence-corrected chi connectivity index (χ1v) is 8.53. The lowest BCUT2D eigenvalue weighted by atomic mass is 9.93. The second kappa shape index (κ2) is 7.23. The highest BCUT2D eigenvalue weighted by Gasteiger charge is 2.31. The molecule has 1 heterocycles. The van der Waals surface area contributed by atoms with Crippen molar-refractivity contribution in [2.75, 3.05) is 13.2 Å². The lowest BCUT2D eigenvalue weighted by Gasteiger charge is -2.32. The fraction of sp³-hybridized carbons (Fsp3) is 0.350. The average Bonchev–Trinajstić information content (AvgIpc) is 2.60. The van der Waals surface area contributed by atoms with E-state index in [-0.39, 0.29) is 17.8 Å². The van der Waals surface area contributed by atoms with Gasteiger partial charge >= 0.3 is 6.36 Å². The van der Waals surface area contributed by atoms with Crippen LogP contribution in [-0.4, -0.2) is 35.9 Å². The van der Waals surface area contributed by atoms with Gasteiger partial charge in [0, 0.05) is 25.1 Å². The lowest BCUT2D eigenvalue weighted by Crippen LogP contribution is -2.36. The number of fused-ring (bicyclic) bond motifs is 1. The Hall–Kier alpha value is -2.54. The van der Waals surface area contributed by atoms with Crippen molar-refractivity contribution >= 4 is 12.0 Å². The Morgan fingerprint density at radius 1 is 1.07 bits per heavy atom. The van der Waals surface area contributed by atoms with E-state index in [1.54, 1.807) is 18.5 Å². The molecule has 2 aromatic rings. The molecule has 0 aliphatic carbocycles. The minimum Gasteiger partial charge on any atom is -0.406 e. The van der Waals surface area contributed by atoms with Gasteiger partial charge in [-0.3, -0.25) is 0 Å². The number of aliphatic hydroxyl groups is 1. The molecule has 2 aromatic carbocycles. The van der Waals surface area contributed by atoms with E-state index in [0.717, 1.165) is 22.4 Å². The van der Waals surface area contributed by atoms with Crippen LogP contribution in [0.3, 0.4) is 0 Å². The summed E-state index contributed by atoms with van der Waals surface area (Å²) >= 11 is 0. The summed E-state index contributed by atoms with van der Waals surface area (Å²) in [6, 6.07) is 11.6. The summed E-state index contributed by atoms with van der Waals surface area (Å²) in [6.07, 6.45) is -2.92. The standard InChI is InChI=1S/C20H21F3N2O2/c1-19(2,12-26)11-25-10-16-9-15(5-8-18(16)24-13-25)14-3-6-17(7-4-14)27-20(21,22)23/h3-9,13,26H,10-12H2,1-2H3. The largest absolute Gasteiger partial charge is 0.573 e. The van der Waals surface area contributed by atoms with Gasteiger partial charge in [-0.25, -0.2) is 4.99 Å². The second-order valence-electron chi connectivity index (χ2n) is 7.39. The van der Waals surface area contributed by atoms with Gasteiger partial charge in [0.25, 0.3) is 0 Å². The number of aliphatic hydroxyl groups excluding tert-OH is 1. The van der Waals surface area contributed by atoms with Gasteiger partial charge < -0.3 is 14.7 Å². The van der Waals surface area contributed by atoms with Gasteiger partial charge in [-0.2, -0.15) is 0 Å². The fourth-order valence-corrected chi connectivity index (χ4v) is 2.97. The molecule has 7 heteroatoms. The third-order valence-corrected chi connectivity index (χ3v) is 4.29. The molecule has 1 aliphatic heterocycles. The van der Waals surface area contributed by atoms with Gasteiger partial charge in [0.1, 0.15) is 5.75 Å². The number of hydrogen-bond donors (Lipinski definition) is 1. The molecule has 27 heavy (non-hydrogen) atoms. The third kappa shape index (κ3) is 5.01. The Balaban J connectivity index is 1.78. The summed E-state index contributed by atoms with van der Waals surface area (Å²) in [4.78, 5) is 6.50. The van der Waals surface area contributed by atoms with E-state index >= 15 is 0 Å². The van der Waals surface area contributed by atoms with E-state index < -0.39 is 6.36 Å². The Labute approximate surface area is 155 Å².